The van der Waals surface area contributed by atoms with Gasteiger partial charge in [0.2, 0.25) is 0 Å². The molecule has 0 nitrogen and oxygen atoms in total. The van der Waals surface area contributed by atoms with Crippen LogP contribution in [0.4, 0.5) is 4.39 Å². The first-order chi connectivity index (χ1) is 4.61. The first-order valence-electron chi connectivity index (χ1n) is 2.33. The van der Waals surface area contributed by atoms with Crippen LogP contribution in [0.25, 0.3) is 0 Å². The molecule has 4 heteroatoms. The molecule has 10 heavy (non-hydrogen) atoms. The van der Waals surface area contributed by atoms with Crippen molar-refractivity contribution in [2.24, 2.45) is 0 Å². The molecule has 0 aromatic heterocycles. The lowest BCUT2D eigenvalue weighted by Crippen LogP contribution is -1.77. The zero-order valence-electron chi connectivity index (χ0n) is 4.59. The van der Waals surface area contributed by atoms with Crippen molar-refractivity contribution < 1.29 is 4.39 Å². The molecule has 1 radical (unpaired) electrons. The third-order valence-corrected chi connectivity index (χ3v) is 3.36. The summed E-state index contributed by atoms with van der Waals surface area (Å²) in [4.78, 5) is 0. The van der Waals surface area contributed by atoms with Gasteiger partial charge in [0.15, 0.2) is 0 Å². The van der Waals surface area contributed by atoms with Crippen LogP contribution in [0.2, 0.25) is 5.02 Å². The van der Waals surface area contributed by atoms with Crippen molar-refractivity contribution in [1.82, 2.24) is 0 Å². The molecule has 1 aromatic carbocycles. The summed E-state index contributed by atoms with van der Waals surface area (Å²) in [5.74, 6) is -0.472. The molecular weight excluding hydrogens is 286 g/mol. The summed E-state index contributed by atoms with van der Waals surface area (Å²) in [5, 5.41) is 0.336. The van der Waals surface area contributed by atoms with Crippen molar-refractivity contribution in [2.75, 3.05) is 0 Å². The van der Waals surface area contributed by atoms with E-state index in [1.165, 1.54) is 6.07 Å². The molecule has 0 aliphatic rings. The van der Waals surface area contributed by atoms with Gasteiger partial charge in [-0.25, -0.2) is 4.39 Å². The third kappa shape index (κ3) is 1.71. The lowest BCUT2D eigenvalue weighted by atomic mass is 10.3. The maximum Gasteiger partial charge on any atom is 0.133 e. The van der Waals surface area contributed by atoms with E-state index in [9.17, 15) is 4.39 Å². The van der Waals surface area contributed by atoms with E-state index < -0.39 is 5.82 Å². The van der Waals surface area contributed by atoms with Gasteiger partial charge in [-0.2, -0.15) is 0 Å². The average molecular weight is 287 g/mol. The quantitative estimate of drug-likeness (QED) is 0.503. The smallest absolute Gasteiger partial charge is 0.133 e. The predicted octanol–water partition coefficient (Wildman–Crippen LogP) is 3.80. The van der Waals surface area contributed by atoms with Crippen molar-refractivity contribution >= 4 is 43.5 Å². The summed E-state index contributed by atoms with van der Waals surface area (Å²) in [7, 11) is 0. The van der Waals surface area contributed by atoms with Gasteiger partial charge >= 0.3 is 0 Å². The molecule has 0 unspecified atom stereocenters. The van der Waals surface area contributed by atoms with Crippen molar-refractivity contribution in [3.05, 3.63) is 31.9 Å². The molecule has 0 aliphatic carbocycles. The normalized spacial score (nSPS) is 10.0. The average Bonchev–Trinajstić information content (AvgIpc) is 1.82. The summed E-state index contributed by atoms with van der Waals surface area (Å²) in [6.45, 7) is 0. The summed E-state index contributed by atoms with van der Waals surface area (Å²) in [6, 6.07) is 3.59. The molecule has 1 aromatic rings. The van der Waals surface area contributed by atoms with Gasteiger partial charge in [0.05, 0.1) is 9.50 Å². The highest BCUT2D eigenvalue weighted by Crippen LogP contribution is 2.30. The molecule has 0 fully saturated rings. The second-order valence-electron chi connectivity index (χ2n) is 1.59. The summed E-state index contributed by atoms with van der Waals surface area (Å²) >= 11 is 11.8. The van der Waals surface area contributed by atoms with Crippen LogP contribution in [0, 0.1) is 11.9 Å². The number of rotatable bonds is 0. The number of hydrogen-bond donors (Lipinski definition) is 0. The number of halogens is 4. The molecule has 0 N–H and O–H groups in total. The van der Waals surface area contributed by atoms with E-state index in [4.69, 9.17) is 11.6 Å². The van der Waals surface area contributed by atoms with Gasteiger partial charge in [0, 0.05) is 10.5 Å². The lowest BCUT2D eigenvalue weighted by molar-refractivity contribution is 0.624. The van der Waals surface area contributed by atoms with E-state index in [0.717, 1.165) is 0 Å². The Hall–Kier alpha value is 0.400. The molecule has 0 atom stereocenters. The van der Waals surface area contributed by atoms with Gasteiger partial charge in [-0.3, -0.25) is 0 Å². The van der Waals surface area contributed by atoms with Crippen LogP contribution in [-0.4, -0.2) is 0 Å². The first-order valence-corrected chi connectivity index (χ1v) is 4.30. The fraction of sp³-hybridized carbons (Fsp3) is 0. The maximum atomic E-state index is 12.4. The van der Waals surface area contributed by atoms with Crippen molar-refractivity contribution in [3.8, 4) is 0 Å². The van der Waals surface area contributed by atoms with Gasteiger partial charge in [-0.05, 0) is 37.9 Å². The minimum Gasteiger partial charge on any atom is -0.206 e. The molecule has 1 rings (SSSR count). The van der Waals surface area contributed by atoms with Crippen molar-refractivity contribution in [1.29, 1.82) is 0 Å². The monoisotopic (exact) mass is 285 g/mol. The molecule has 0 spiro atoms. The van der Waals surface area contributed by atoms with Crippen LogP contribution in [0.3, 0.4) is 0 Å². The predicted molar refractivity (Wildman–Crippen MR) is 45.6 cm³/mol. The highest BCUT2D eigenvalue weighted by molar-refractivity contribution is 9.13. The zero-order valence-corrected chi connectivity index (χ0v) is 8.52. The molecule has 53 valence electrons. The Bertz CT molecular complexity index is 239. The van der Waals surface area contributed by atoms with Crippen LogP contribution in [0.15, 0.2) is 15.0 Å². The van der Waals surface area contributed by atoms with Crippen molar-refractivity contribution in [3.63, 3.8) is 0 Å². The fourth-order valence-corrected chi connectivity index (χ4v) is 1.40. The largest absolute Gasteiger partial charge is 0.206 e. The van der Waals surface area contributed by atoms with Gasteiger partial charge in [-0.15, -0.1) is 0 Å². The van der Waals surface area contributed by atoms with Crippen LogP contribution in [0.1, 0.15) is 0 Å². The molecule has 0 amide bonds. The maximum absolute atomic E-state index is 12.4. The van der Waals surface area contributed by atoms with Gasteiger partial charge in [0.1, 0.15) is 5.82 Å². The Morgan fingerprint density at radius 2 is 2.10 bits per heavy atom. The van der Waals surface area contributed by atoms with E-state index in [2.05, 4.69) is 37.9 Å². The SMILES string of the molecule is Fc1[c]c(Br)c(Br)c(Cl)c1. The fourth-order valence-electron chi connectivity index (χ4n) is 0.475. The standard InChI is InChI=1S/C6HBr2ClF/c7-4-1-3(10)2-5(9)6(4)8/h2H. The van der Waals surface area contributed by atoms with E-state index >= 15 is 0 Å². The molecule has 0 aliphatic heterocycles. The van der Waals surface area contributed by atoms with Crippen LogP contribution in [-0.2, 0) is 0 Å². The van der Waals surface area contributed by atoms with Crippen LogP contribution in [0.5, 0.6) is 0 Å². The molecule has 0 bridgehead atoms. The molecule has 0 saturated heterocycles. The Balaban J connectivity index is 3.31. The van der Waals surface area contributed by atoms with E-state index in [0.29, 0.717) is 14.0 Å². The Kier molecular flexibility index (Phi) is 2.72. The number of benzene rings is 1. The molecule has 0 saturated carbocycles. The van der Waals surface area contributed by atoms with Gasteiger partial charge in [-0.1, -0.05) is 11.6 Å². The second kappa shape index (κ2) is 3.20. The second-order valence-corrected chi connectivity index (χ2v) is 3.59. The van der Waals surface area contributed by atoms with Gasteiger partial charge < -0.3 is 0 Å². The van der Waals surface area contributed by atoms with Crippen LogP contribution < -0.4 is 0 Å². The van der Waals surface area contributed by atoms with E-state index in [1.807, 2.05) is 0 Å². The highest BCUT2D eigenvalue weighted by atomic mass is 79.9. The van der Waals surface area contributed by atoms with Crippen LogP contribution >= 0.6 is 43.5 Å². The Labute approximate surface area is 79.6 Å². The van der Waals surface area contributed by atoms with Crippen molar-refractivity contribution in [2.45, 2.75) is 0 Å². The van der Waals surface area contributed by atoms with Gasteiger partial charge in [0.25, 0.3) is 0 Å². The molecular formula is C6HBr2ClF. The zero-order chi connectivity index (χ0) is 7.72. The molecule has 0 heterocycles. The minimum absolute atomic E-state index is 0.336. The van der Waals surface area contributed by atoms with E-state index in [-0.39, 0.29) is 0 Å². The summed E-state index contributed by atoms with van der Waals surface area (Å²) in [6.07, 6.45) is 0. The highest BCUT2D eigenvalue weighted by Gasteiger charge is 2.04. The minimum atomic E-state index is -0.472. The number of hydrogen-bond acceptors (Lipinski definition) is 0. The Morgan fingerprint density at radius 1 is 1.50 bits per heavy atom. The summed E-state index contributed by atoms with van der Waals surface area (Å²) < 4.78 is 13.5. The third-order valence-electron chi connectivity index (χ3n) is 0.885. The first kappa shape index (κ1) is 8.50. The topological polar surface area (TPSA) is 0 Å². The lowest BCUT2D eigenvalue weighted by Gasteiger charge is -1.96. The van der Waals surface area contributed by atoms with E-state index in [1.54, 1.807) is 0 Å². The summed E-state index contributed by atoms with van der Waals surface area (Å²) in [5.41, 5.74) is 0. The Morgan fingerprint density at radius 3 is 2.60 bits per heavy atom.